The number of carbonyl (C=O) groups excluding carboxylic acids is 2. The first-order valence-electron chi connectivity index (χ1n) is 9.61. The van der Waals surface area contributed by atoms with E-state index in [0.717, 1.165) is 10.9 Å². The average molecular weight is 502 g/mol. The van der Waals surface area contributed by atoms with Gasteiger partial charge in [-0.1, -0.05) is 29.3 Å². The second kappa shape index (κ2) is 9.57. The summed E-state index contributed by atoms with van der Waals surface area (Å²) in [6, 6.07) is 4.43. The van der Waals surface area contributed by atoms with Gasteiger partial charge in [-0.25, -0.2) is 13.1 Å². The van der Waals surface area contributed by atoms with Crippen LogP contribution in [0.25, 0.3) is 0 Å². The van der Waals surface area contributed by atoms with Crippen LogP contribution in [0.15, 0.2) is 34.1 Å². The standard InChI is InChI=1S/C19H21Cl2N5O5S/c1-11-4-5-13(24-16(27)10-26-19(29)17(21)14(20)8-23-26)7-15(11)32(30,31)25-6-2-3-12(9-25)18(22)28/h4-5,7-8,12H,2-3,6,9-10H2,1H3,(H2,22,28)(H,24,27). The molecule has 2 amide bonds. The highest BCUT2D eigenvalue weighted by atomic mass is 35.5. The van der Waals surface area contributed by atoms with Crippen molar-refractivity contribution < 1.29 is 18.0 Å². The van der Waals surface area contributed by atoms with Gasteiger partial charge in [0.15, 0.2) is 0 Å². The number of primary amides is 1. The fraction of sp³-hybridized carbons (Fsp3) is 0.368. The molecule has 0 aliphatic carbocycles. The van der Waals surface area contributed by atoms with Gasteiger partial charge in [-0.15, -0.1) is 0 Å². The van der Waals surface area contributed by atoms with Gasteiger partial charge in [0.25, 0.3) is 5.56 Å². The summed E-state index contributed by atoms with van der Waals surface area (Å²) in [5, 5.41) is 6.02. The summed E-state index contributed by atoms with van der Waals surface area (Å²) < 4.78 is 28.5. The maximum Gasteiger partial charge on any atom is 0.287 e. The maximum atomic E-state index is 13.2. The van der Waals surface area contributed by atoms with E-state index in [9.17, 15) is 22.8 Å². The van der Waals surface area contributed by atoms with Crippen molar-refractivity contribution in [3.63, 3.8) is 0 Å². The molecular weight excluding hydrogens is 481 g/mol. The zero-order valence-electron chi connectivity index (χ0n) is 17.0. The fourth-order valence-corrected chi connectivity index (χ4v) is 5.43. The highest BCUT2D eigenvalue weighted by molar-refractivity contribution is 7.89. The minimum absolute atomic E-state index is 0.00486. The number of hydrogen-bond acceptors (Lipinski definition) is 6. The predicted octanol–water partition coefficient (Wildman–Crippen LogP) is 1.38. The number of aromatic nitrogens is 2. The monoisotopic (exact) mass is 501 g/mol. The number of benzene rings is 1. The molecule has 1 saturated heterocycles. The Hall–Kier alpha value is -2.47. The van der Waals surface area contributed by atoms with Crippen LogP contribution in [0.5, 0.6) is 0 Å². The summed E-state index contributed by atoms with van der Waals surface area (Å²) >= 11 is 11.5. The number of hydrogen-bond donors (Lipinski definition) is 2. The van der Waals surface area contributed by atoms with Crippen molar-refractivity contribution in [1.29, 1.82) is 0 Å². The summed E-state index contributed by atoms with van der Waals surface area (Å²) in [6.45, 7) is 1.47. The first kappa shape index (κ1) is 24.2. The van der Waals surface area contributed by atoms with E-state index in [2.05, 4.69) is 10.4 Å². The van der Waals surface area contributed by atoms with E-state index < -0.39 is 39.9 Å². The Bertz CT molecular complexity index is 1230. The van der Waals surface area contributed by atoms with Crippen molar-refractivity contribution in [1.82, 2.24) is 14.1 Å². The van der Waals surface area contributed by atoms with E-state index in [0.29, 0.717) is 18.4 Å². The number of sulfonamides is 1. The second-order valence-electron chi connectivity index (χ2n) is 7.40. The van der Waals surface area contributed by atoms with Crippen molar-refractivity contribution in [2.24, 2.45) is 11.7 Å². The molecule has 172 valence electrons. The molecule has 1 aromatic carbocycles. The summed E-state index contributed by atoms with van der Waals surface area (Å²) in [4.78, 5) is 36.0. The van der Waals surface area contributed by atoms with Crippen LogP contribution in [-0.2, 0) is 26.2 Å². The number of nitrogens with zero attached hydrogens (tertiary/aromatic N) is 3. The molecule has 2 heterocycles. The number of aryl methyl sites for hydroxylation is 1. The Morgan fingerprint density at radius 1 is 1.31 bits per heavy atom. The maximum absolute atomic E-state index is 13.2. The number of nitrogens with one attached hydrogen (secondary N) is 1. The normalized spacial score (nSPS) is 17.2. The molecule has 32 heavy (non-hydrogen) atoms. The molecule has 0 bridgehead atoms. The molecule has 10 nitrogen and oxygen atoms in total. The van der Waals surface area contributed by atoms with E-state index in [1.807, 2.05) is 0 Å². The van der Waals surface area contributed by atoms with Crippen LogP contribution < -0.4 is 16.6 Å². The third kappa shape index (κ3) is 5.12. The van der Waals surface area contributed by atoms with Crippen LogP contribution >= 0.6 is 23.2 Å². The Balaban J connectivity index is 1.81. The topological polar surface area (TPSA) is 144 Å². The fourth-order valence-electron chi connectivity index (χ4n) is 3.38. The van der Waals surface area contributed by atoms with Gasteiger partial charge < -0.3 is 11.1 Å². The third-order valence-electron chi connectivity index (χ3n) is 5.11. The van der Waals surface area contributed by atoms with Gasteiger partial charge in [0.1, 0.15) is 11.6 Å². The number of carbonyl (C=O) groups is 2. The molecule has 13 heteroatoms. The Morgan fingerprint density at radius 3 is 2.72 bits per heavy atom. The van der Waals surface area contributed by atoms with Crippen molar-refractivity contribution in [3.8, 4) is 0 Å². The number of nitrogens with two attached hydrogens (primary N) is 1. The third-order valence-corrected chi connectivity index (χ3v) is 7.87. The van der Waals surface area contributed by atoms with Crippen LogP contribution in [0.1, 0.15) is 18.4 Å². The first-order chi connectivity index (χ1) is 15.0. The van der Waals surface area contributed by atoms with Gasteiger partial charge in [-0.3, -0.25) is 14.4 Å². The lowest BCUT2D eigenvalue weighted by Gasteiger charge is -2.30. The number of anilines is 1. The molecule has 0 radical (unpaired) electrons. The first-order valence-corrected chi connectivity index (χ1v) is 11.8. The van der Waals surface area contributed by atoms with E-state index >= 15 is 0 Å². The molecule has 0 saturated carbocycles. The van der Waals surface area contributed by atoms with Gasteiger partial charge in [-0.05, 0) is 37.5 Å². The zero-order valence-corrected chi connectivity index (χ0v) is 19.4. The highest BCUT2D eigenvalue weighted by Gasteiger charge is 2.33. The lowest BCUT2D eigenvalue weighted by atomic mass is 9.99. The second-order valence-corrected chi connectivity index (χ2v) is 10.1. The molecule has 1 atom stereocenters. The summed E-state index contributed by atoms with van der Waals surface area (Å²) in [7, 11) is -3.92. The van der Waals surface area contributed by atoms with E-state index in [1.165, 1.54) is 10.4 Å². The number of halogens is 2. The molecule has 3 N–H and O–H groups in total. The highest BCUT2D eigenvalue weighted by Crippen LogP contribution is 2.27. The molecule has 0 spiro atoms. The van der Waals surface area contributed by atoms with Crippen LogP contribution in [0, 0.1) is 12.8 Å². The Labute approximate surface area is 194 Å². The summed E-state index contributed by atoms with van der Waals surface area (Å²) in [5.41, 5.74) is 5.33. The van der Waals surface area contributed by atoms with Crippen molar-refractivity contribution >= 4 is 50.7 Å². The number of amides is 2. The predicted molar refractivity (Wildman–Crippen MR) is 119 cm³/mol. The molecule has 1 aromatic heterocycles. The summed E-state index contributed by atoms with van der Waals surface area (Å²) in [6.07, 6.45) is 2.21. The van der Waals surface area contributed by atoms with Gasteiger partial charge in [0, 0.05) is 18.8 Å². The van der Waals surface area contributed by atoms with E-state index in [-0.39, 0.29) is 33.7 Å². The molecule has 2 aromatic rings. The molecule has 1 aliphatic heterocycles. The van der Waals surface area contributed by atoms with Gasteiger partial charge in [0.2, 0.25) is 21.8 Å². The van der Waals surface area contributed by atoms with Crippen LogP contribution in [0.2, 0.25) is 10.0 Å². The molecular formula is C19H21Cl2N5O5S. The largest absolute Gasteiger partial charge is 0.369 e. The zero-order chi connectivity index (χ0) is 23.6. The Kier molecular flexibility index (Phi) is 7.23. The minimum atomic E-state index is -3.92. The smallest absolute Gasteiger partial charge is 0.287 e. The number of rotatable bonds is 6. The van der Waals surface area contributed by atoms with E-state index in [1.54, 1.807) is 19.1 Å². The average Bonchev–Trinajstić information content (AvgIpc) is 2.75. The minimum Gasteiger partial charge on any atom is -0.369 e. The lowest BCUT2D eigenvalue weighted by molar-refractivity contribution is -0.122. The summed E-state index contributed by atoms with van der Waals surface area (Å²) in [5.74, 6) is -1.69. The van der Waals surface area contributed by atoms with Crippen molar-refractivity contribution in [2.45, 2.75) is 31.2 Å². The molecule has 1 fully saturated rings. The quantitative estimate of drug-likeness (QED) is 0.611. The van der Waals surface area contributed by atoms with Gasteiger partial charge in [0.05, 0.1) is 22.0 Å². The van der Waals surface area contributed by atoms with Gasteiger partial charge >= 0.3 is 0 Å². The lowest BCUT2D eigenvalue weighted by Crippen LogP contribution is -2.44. The van der Waals surface area contributed by atoms with E-state index in [4.69, 9.17) is 28.9 Å². The van der Waals surface area contributed by atoms with Crippen LogP contribution in [0.4, 0.5) is 5.69 Å². The van der Waals surface area contributed by atoms with Crippen LogP contribution in [-0.4, -0.2) is 47.4 Å². The molecule has 1 aliphatic rings. The van der Waals surface area contributed by atoms with Crippen LogP contribution in [0.3, 0.4) is 0 Å². The molecule has 1 unspecified atom stereocenters. The van der Waals surface area contributed by atoms with Gasteiger partial charge in [-0.2, -0.15) is 9.40 Å². The number of piperidine rings is 1. The SMILES string of the molecule is Cc1ccc(NC(=O)Cn2ncc(Cl)c(Cl)c2=O)cc1S(=O)(=O)N1CCCC(C(N)=O)C1. The Morgan fingerprint density at radius 2 is 2.03 bits per heavy atom. The van der Waals surface area contributed by atoms with Crippen molar-refractivity contribution in [3.05, 3.63) is 50.4 Å². The molecule has 3 rings (SSSR count). The van der Waals surface area contributed by atoms with Crippen molar-refractivity contribution in [2.75, 3.05) is 18.4 Å².